The van der Waals surface area contributed by atoms with Gasteiger partial charge in [-0.15, -0.1) is 0 Å². The number of phenols is 6. The Morgan fingerprint density at radius 1 is 0.506 bits per heavy atom. The van der Waals surface area contributed by atoms with Crippen LogP contribution in [0.2, 0.25) is 10.0 Å². The topological polar surface area (TPSA) is 439 Å². The summed E-state index contributed by atoms with van der Waals surface area (Å²) >= 11 is 13.7. The number of hydrogen-bond acceptors (Lipinski definition) is 20. The molecule has 0 radical (unpaired) electrons. The van der Waals surface area contributed by atoms with E-state index in [0.29, 0.717) is 0 Å². The van der Waals surface area contributed by atoms with Crippen molar-refractivity contribution in [2.24, 2.45) is 5.73 Å². The summed E-state index contributed by atoms with van der Waals surface area (Å²) in [7, 11) is 1.44. The molecule has 7 aromatic rings. The molecule has 6 heterocycles. The molecular formula is C60H50Cl2N8O19. The normalized spacial score (nSPS) is 22.4. The van der Waals surface area contributed by atoms with E-state index in [1.54, 1.807) is 0 Å². The molecule has 7 aromatic carbocycles. The van der Waals surface area contributed by atoms with Gasteiger partial charge in [0.1, 0.15) is 88.7 Å². The number of fused-ring (bicyclic) bond motifs is 13. The summed E-state index contributed by atoms with van der Waals surface area (Å²) in [6.45, 7) is -0.308. The number of phenolic OH excluding ortho intramolecular Hbond substituents is 6. The molecule has 0 aliphatic carbocycles. The zero-order chi connectivity index (χ0) is 63.6. The summed E-state index contributed by atoms with van der Waals surface area (Å²) in [6.07, 6.45) is -4.22. The zero-order valence-electron chi connectivity index (χ0n) is 45.7. The third kappa shape index (κ3) is 11.3. The van der Waals surface area contributed by atoms with Crippen molar-refractivity contribution in [3.63, 3.8) is 0 Å². The van der Waals surface area contributed by atoms with Gasteiger partial charge in [-0.05, 0) is 113 Å². The quantitative estimate of drug-likeness (QED) is 0.118. The third-order valence-corrected chi connectivity index (χ3v) is 15.8. The van der Waals surface area contributed by atoms with Crippen LogP contribution in [0.4, 0.5) is 0 Å². The second-order valence-corrected chi connectivity index (χ2v) is 21.8. The fraction of sp³-hybridized carbons (Fsp3) is 0.183. The van der Waals surface area contributed by atoms with Gasteiger partial charge in [0.15, 0.2) is 29.0 Å². The van der Waals surface area contributed by atoms with Gasteiger partial charge in [-0.2, -0.15) is 0 Å². The van der Waals surface area contributed by atoms with Gasteiger partial charge >= 0.3 is 5.97 Å². The molecule has 0 saturated carbocycles. The highest BCUT2D eigenvalue weighted by molar-refractivity contribution is 6.32. The molecule has 29 heteroatoms. The van der Waals surface area contributed by atoms with E-state index in [0.717, 1.165) is 72.8 Å². The van der Waals surface area contributed by atoms with Gasteiger partial charge in [0, 0.05) is 29.3 Å². The van der Waals surface area contributed by atoms with E-state index in [9.17, 15) is 65.1 Å². The van der Waals surface area contributed by atoms with Crippen molar-refractivity contribution in [2.45, 2.75) is 61.0 Å². The Morgan fingerprint density at radius 3 is 1.64 bits per heavy atom. The number of benzene rings is 7. The number of aromatic hydroxyl groups is 6. The van der Waals surface area contributed by atoms with Crippen LogP contribution in [0.3, 0.4) is 0 Å². The van der Waals surface area contributed by atoms with Gasteiger partial charge in [-0.25, -0.2) is 4.79 Å². The number of nitrogens with two attached hydrogens (primary N) is 1. The second-order valence-electron chi connectivity index (χ2n) is 20.9. The Morgan fingerprint density at radius 2 is 1.04 bits per heavy atom. The van der Waals surface area contributed by atoms with Crippen molar-refractivity contribution in [2.75, 3.05) is 7.05 Å². The van der Waals surface area contributed by atoms with Gasteiger partial charge in [-0.1, -0.05) is 53.5 Å². The average Bonchev–Trinajstić information content (AvgIpc) is 1.96. The summed E-state index contributed by atoms with van der Waals surface area (Å²) in [5, 5.41) is 122. The van der Waals surface area contributed by atoms with E-state index in [2.05, 4.69) is 37.2 Å². The summed E-state index contributed by atoms with van der Waals surface area (Å²) in [4.78, 5) is 104. The Balaban J connectivity index is 1.18. The Hall–Kier alpha value is -10.6. The number of carboxylic acids is 1. The highest BCUT2D eigenvalue weighted by Crippen LogP contribution is 2.50. The maximum Gasteiger partial charge on any atom is 0.330 e. The number of nitrogens with one attached hydrogen (secondary N) is 7. The molecule has 6 aliphatic rings. The number of rotatable bonds is 3. The van der Waals surface area contributed by atoms with Crippen LogP contribution in [0.25, 0.3) is 11.1 Å². The van der Waals surface area contributed by atoms with Gasteiger partial charge in [-0.3, -0.25) is 28.8 Å². The van der Waals surface area contributed by atoms with Gasteiger partial charge in [0.05, 0.1) is 15.6 Å². The van der Waals surface area contributed by atoms with Gasteiger partial charge in [0.2, 0.25) is 41.2 Å². The number of carbonyl (C=O) groups excluding carboxylic acids is 6. The molecule has 6 aliphatic heterocycles. The molecule has 6 amide bonds. The Bertz CT molecular complexity index is 4170. The van der Waals surface area contributed by atoms with Crippen LogP contribution < -0.4 is 57.2 Å². The number of carbonyl (C=O) groups is 7. The lowest BCUT2D eigenvalue weighted by molar-refractivity contribution is -0.143. The number of aliphatic hydroxyl groups is 2. The van der Waals surface area contributed by atoms with Gasteiger partial charge in [0.25, 0.3) is 0 Å². The second kappa shape index (κ2) is 23.6. The number of carboxylic acid groups (broad SMARTS) is 1. The standard InChI is InChI=1S/C60H50Cl2N8O19/c1-64-20-30-35(74)19-29-42(52(30)77)41-28(3-2-4-34(41)73)46-57(82)70-49(59(84)68-47(29)60(85)86)51(76)23-7-10-37(32(62)14-23)89-40-17-25-16-39(53(40)78)88-36-9-6-22(13-31(36)61)50(75)48-58(83)66-44(55(80)65-45(25)56(81)67-46)24-11-26(71)18-27(12-24)87-38-15-21(5-8-33(38)72)43(63)54(79)69-48/h2-19,43-51,64,71-78H,20,63H2,1H3,(H,65,80)(H,66,83)(H,67,81)(H,68,84)(H,69,79)(H,70,82)(H,85,86). The number of halogens is 2. The van der Waals surface area contributed by atoms with Crippen LogP contribution in [0.5, 0.6) is 69.0 Å². The molecule has 0 fully saturated rings. The first-order chi connectivity index (χ1) is 42.4. The minimum Gasteiger partial charge on any atom is -0.508 e. The maximum absolute atomic E-state index is 15.9. The highest BCUT2D eigenvalue weighted by Gasteiger charge is 2.43. The van der Waals surface area contributed by atoms with Crippen LogP contribution in [-0.2, 0) is 40.1 Å². The fourth-order valence-electron chi connectivity index (χ4n) is 10.8. The van der Waals surface area contributed by atoms with Crippen LogP contribution in [-0.4, -0.2) is 107 Å². The molecule has 9 atom stereocenters. The Labute approximate surface area is 511 Å². The first-order valence-corrected chi connectivity index (χ1v) is 27.5. The van der Waals surface area contributed by atoms with Crippen LogP contribution in [0.15, 0.2) is 109 Å². The maximum atomic E-state index is 15.9. The molecule has 458 valence electrons. The molecule has 18 N–H and O–H groups in total. The van der Waals surface area contributed by atoms with Crippen molar-refractivity contribution in [1.82, 2.24) is 37.2 Å². The van der Waals surface area contributed by atoms with Crippen molar-refractivity contribution in [1.29, 1.82) is 0 Å². The molecule has 0 saturated heterocycles. The smallest absolute Gasteiger partial charge is 0.330 e. The lowest BCUT2D eigenvalue weighted by atomic mass is 9.86. The van der Waals surface area contributed by atoms with E-state index >= 15 is 14.4 Å². The number of aliphatic hydroxyl groups excluding tert-OH is 2. The minimum atomic E-state index is -2.29. The summed E-state index contributed by atoms with van der Waals surface area (Å²) in [5.74, 6) is -16.5. The largest absolute Gasteiger partial charge is 0.508 e. The van der Waals surface area contributed by atoms with Crippen LogP contribution in [0.1, 0.15) is 86.9 Å². The molecule has 15 bridgehead atoms. The summed E-state index contributed by atoms with van der Waals surface area (Å²) < 4.78 is 18.4. The van der Waals surface area contributed by atoms with E-state index in [-0.39, 0.29) is 67.4 Å². The predicted molar refractivity (Wildman–Crippen MR) is 309 cm³/mol. The van der Waals surface area contributed by atoms with Crippen molar-refractivity contribution in [3.8, 4) is 80.1 Å². The minimum absolute atomic E-state index is 0.0292. The zero-order valence-corrected chi connectivity index (χ0v) is 47.2. The van der Waals surface area contributed by atoms with E-state index in [4.69, 9.17) is 43.1 Å². The lowest BCUT2D eigenvalue weighted by Gasteiger charge is -2.31. The SMILES string of the molecule is CNCc1c(O)cc2c(c1O)-c1c(O)cccc1C1NC(=O)C3NC(=O)C4NC(=O)C(NC(=O)C(N)c5ccc(O)c(c5)Oc5cc(O)cc4c5)C(O)c4ccc(c(Cl)c4)Oc4cc3cc(c4O)Oc3ccc(cc3Cl)C(O)C(NC1=O)C(=O)NC2C(=O)O. The van der Waals surface area contributed by atoms with Crippen molar-refractivity contribution in [3.05, 3.63) is 164 Å². The van der Waals surface area contributed by atoms with E-state index in [1.807, 2.05) is 0 Å². The third-order valence-electron chi connectivity index (χ3n) is 15.2. The van der Waals surface area contributed by atoms with Crippen molar-refractivity contribution >= 4 is 64.6 Å². The number of amides is 6. The first kappa shape index (κ1) is 60.2. The van der Waals surface area contributed by atoms with E-state index < -0.39 is 170 Å². The molecule has 13 rings (SSSR count). The lowest BCUT2D eigenvalue weighted by Crippen LogP contribution is -2.55. The summed E-state index contributed by atoms with van der Waals surface area (Å²) in [6, 6.07) is 5.18. The predicted octanol–water partition coefficient (Wildman–Crippen LogP) is 4.20. The number of aliphatic carboxylic acids is 1. The number of hydrogen-bond donors (Lipinski definition) is 17. The monoisotopic (exact) mass is 1260 g/mol. The van der Waals surface area contributed by atoms with Gasteiger partial charge < -0.3 is 103 Å². The highest BCUT2D eigenvalue weighted by atomic mass is 35.5. The molecule has 27 nitrogen and oxygen atoms in total. The Kier molecular flexibility index (Phi) is 16.0. The van der Waals surface area contributed by atoms with Crippen LogP contribution >= 0.6 is 23.2 Å². The summed E-state index contributed by atoms with van der Waals surface area (Å²) in [5.41, 5.74) is 2.82. The number of ether oxygens (including phenoxy) is 3. The molecule has 9 unspecified atom stereocenters. The first-order valence-electron chi connectivity index (χ1n) is 26.8. The molecule has 89 heavy (non-hydrogen) atoms. The van der Waals surface area contributed by atoms with Crippen molar-refractivity contribution < 1.29 is 93.7 Å². The molecule has 0 spiro atoms. The van der Waals surface area contributed by atoms with E-state index in [1.165, 1.54) is 43.4 Å². The van der Waals surface area contributed by atoms with Crippen LogP contribution in [0, 0.1) is 0 Å². The molecular weight excluding hydrogens is 1210 g/mol. The fourth-order valence-corrected chi connectivity index (χ4v) is 11.2. The average molecular weight is 1260 g/mol. The molecule has 0 aromatic heterocycles.